The van der Waals surface area contributed by atoms with Crippen LogP contribution in [0.1, 0.15) is 30.0 Å². The van der Waals surface area contributed by atoms with Gasteiger partial charge in [-0.05, 0) is 80.3 Å². The minimum Gasteiger partial charge on any atom is -0.445 e. The number of hydrogen-bond acceptors (Lipinski definition) is 12. The normalized spacial score (nSPS) is 11.2. The van der Waals surface area contributed by atoms with Crippen molar-refractivity contribution in [3.8, 4) is 0 Å². The summed E-state index contributed by atoms with van der Waals surface area (Å²) in [4.78, 5) is 81.4. The Morgan fingerprint density at radius 3 is 1.28 bits per heavy atom. The van der Waals surface area contributed by atoms with E-state index in [1.54, 1.807) is 64.1 Å². The molecule has 0 heterocycles. The maximum atomic E-state index is 13.0. The standard InChI is InChI=1S/C32H30N6O9/c1-5-32(47-31(44)38-25-11-8-22(4)28(14-25)35-19-41,15-45-29(42)36-23-9-6-20(2)26(12-23)33-17-39)16-46-30(43)37-24-10-7-21(3)27(13-24)34-18-40/h6-14H,5,15-16H2,1-4H3,(H,36,42)(H,37,43)(H,38,44). The molecule has 3 aromatic carbocycles. The van der Waals surface area contributed by atoms with E-state index in [1.807, 2.05) is 0 Å². The van der Waals surface area contributed by atoms with E-state index < -0.39 is 37.1 Å². The fraction of sp³-hybridized carbons (Fsp3) is 0.250. The van der Waals surface area contributed by atoms with Crippen LogP contribution in [-0.4, -0.2) is 55.3 Å². The lowest BCUT2D eigenvalue weighted by atomic mass is 10.0. The van der Waals surface area contributed by atoms with Crippen molar-refractivity contribution in [3.63, 3.8) is 0 Å². The van der Waals surface area contributed by atoms with Gasteiger partial charge in [0, 0.05) is 17.1 Å². The quantitative estimate of drug-likeness (QED) is 0.109. The van der Waals surface area contributed by atoms with Crippen LogP contribution in [0.25, 0.3) is 0 Å². The number of carbonyl (C=O) groups excluding carboxylic acids is 6. The Labute approximate surface area is 268 Å². The highest BCUT2D eigenvalue weighted by molar-refractivity contribution is 5.87. The van der Waals surface area contributed by atoms with Crippen molar-refractivity contribution in [1.82, 2.24) is 0 Å². The molecule has 0 radical (unpaired) electrons. The molecule has 0 aliphatic rings. The molecule has 0 fully saturated rings. The van der Waals surface area contributed by atoms with Crippen molar-refractivity contribution in [2.24, 2.45) is 15.0 Å². The van der Waals surface area contributed by atoms with Crippen LogP contribution in [0.2, 0.25) is 0 Å². The SMILES string of the molecule is CCC(COC(=O)Nc1ccc(C)c(N=C=O)c1)(COC(=O)Nc1ccc(C)c(N=C=O)c1)OC(=O)Nc1ccc(C)c(N=C=O)c1. The van der Waals surface area contributed by atoms with Gasteiger partial charge < -0.3 is 14.2 Å². The number of nitrogens with one attached hydrogen (secondary N) is 3. The van der Waals surface area contributed by atoms with Crippen LogP contribution in [0.3, 0.4) is 0 Å². The Bertz CT molecular complexity index is 1720. The predicted molar refractivity (Wildman–Crippen MR) is 170 cm³/mol. The van der Waals surface area contributed by atoms with Gasteiger partial charge in [0.25, 0.3) is 0 Å². The molecule has 3 aromatic rings. The smallest absolute Gasteiger partial charge is 0.412 e. The summed E-state index contributed by atoms with van der Waals surface area (Å²) in [7, 11) is 0. The van der Waals surface area contributed by atoms with Crippen LogP contribution >= 0.6 is 0 Å². The number of aryl methyl sites for hydroxylation is 3. The summed E-state index contributed by atoms with van der Waals surface area (Å²) in [5.74, 6) is 0. The molecule has 0 aliphatic heterocycles. The minimum absolute atomic E-state index is 0.0149. The molecule has 0 spiro atoms. The molecular weight excluding hydrogens is 612 g/mol. The number of hydrogen-bond donors (Lipinski definition) is 3. The number of amides is 3. The second-order valence-corrected chi connectivity index (χ2v) is 10.1. The number of rotatable bonds is 12. The number of benzene rings is 3. The Kier molecular flexibility index (Phi) is 12.4. The molecule has 0 aliphatic carbocycles. The predicted octanol–water partition coefficient (Wildman–Crippen LogP) is 6.71. The summed E-state index contributed by atoms with van der Waals surface area (Å²) < 4.78 is 16.4. The molecule has 0 saturated heterocycles. The second-order valence-electron chi connectivity index (χ2n) is 10.1. The van der Waals surface area contributed by atoms with Gasteiger partial charge in [0.1, 0.15) is 13.2 Å². The Morgan fingerprint density at radius 1 is 0.617 bits per heavy atom. The first-order valence-electron chi connectivity index (χ1n) is 13.9. The van der Waals surface area contributed by atoms with E-state index in [1.165, 1.54) is 36.4 Å². The van der Waals surface area contributed by atoms with E-state index in [-0.39, 0.29) is 40.5 Å². The number of ether oxygens (including phenoxy) is 3. The Balaban J connectivity index is 1.78. The molecule has 47 heavy (non-hydrogen) atoms. The van der Waals surface area contributed by atoms with Gasteiger partial charge in [-0.25, -0.2) is 28.8 Å². The number of aliphatic imine (C=N–C) groups is 3. The van der Waals surface area contributed by atoms with E-state index in [9.17, 15) is 28.8 Å². The average Bonchev–Trinajstić information content (AvgIpc) is 3.04. The van der Waals surface area contributed by atoms with Crippen molar-refractivity contribution in [2.45, 2.75) is 39.7 Å². The van der Waals surface area contributed by atoms with E-state index in [2.05, 4.69) is 30.9 Å². The van der Waals surface area contributed by atoms with Crippen LogP contribution in [0, 0.1) is 20.8 Å². The lowest BCUT2D eigenvalue weighted by Gasteiger charge is -2.31. The number of isocyanates is 3. The van der Waals surface area contributed by atoms with Crippen LogP contribution < -0.4 is 16.0 Å². The maximum absolute atomic E-state index is 13.0. The van der Waals surface area contributed by atoms with Gasteiger partial charge in [0.2, 0.25) is 18.2 Å². The number of carbonyl (C=O) groups is 3. The van der Waals surface area contributed by atoms with Crippen LogP contribution in [0.15, 0.2) is 69.6 Å². The molecule has 3 rings (SSSR count). The van der Waals surface area contributed by atoms with Crippen molar-refractivity contribution in [1.29, 1.82) is 0 Å². The van der Waals surface area contributed by atoms with Crippen molar-refractivity contribution < 1.29 is 43.0 Å². The van der Waals surface area contributed by atoms with Crippen molar-refractivity contribution in [2.75, 3.05) is 29.2 Å². The van der Waals surface area contributed by atoms with Gasteiger partial charge in [0.05, 0.1) is 17.1 Å². The summed E-state index contributed by atoms with van der Waals surface area (Å²) in [5.41, 5.74) is 1.92. The number of nitrogens with zero attached hydrogens (tertiary/aromatic N) is 3. The fourth-order valence-electron chi connectivity index (χ4n) is 3.99. The van der Waals surface area contributed by atoms with Crippen molar-refractivity contribution in [3.05, 3.63) is 71.3 Å². The summed E-state index contributed by atoms with van der Waals surface area (Å²) in [6.07, 6.45) is 1.46. The van der Waals surface area contributed by atoms with Gasteiger partial charge in [-0.1, -0.05) is 25.1 Å². The zero-order valence-electron chi connectivity index (χ0n) is 25.8. The average molecular weight is 643 g/mol. The lowest BCUT2D eigenvalue weighted by Crippen LogP contribution is -2.46. The zero-order chi connectivity index (χ0) is 34.4. The first-order valence-corrected chi connectivity index (χ1v) is 13.9. The first kappa shape index (κ1) is 35.1. The maximum Gasteiger partial charge on any atom is 0.412 e. The van der Waals surface area contributed by atoms with Crippen LogP contribution in [0.5, 0.6) is 0 Å². The first-order chi connectivity index (χ1) is 22.5. The highest BCUT2D eigenvalue weighted by Crippen LogP contribution is 2.26. The zero-order valence-corrected chi connectivity index (χ0v) is 25.8. The topological polar surface area (TPSA) is 203 Å². The summed E-state index contributed by atoms with van der Waals surface area (Å²) in [6, 6.07) is 13.9. The molecule has 0 atom stereocenters. The molecule has 0 unspecified atom stereocenters. The Morgan fingerprint density at radius 2 is 0.957 bits per heavy atom. The van der Waals surface area contributed by atoms with Gasteiger partial charge in [-0.15, -0.1) is 0 Å². The van der Waals surface area contributed by atoms with E-state index in [0.717, 1.165) is 0 Å². The van der Waals surface area contributed by atoms with Crippen LogP contribution in [-0.2, 0) is 28.6 Å². The van der Waals surface area contributed by atoms with Gasteiger partial charge >= 0.3 is 18.3 Å². The molecule has 0 saturated carbocycles. The van der Waals surface area contributed by atoms with Gasteiger partial charge in [-0.2, -0.15) is 15.0 Å². The highest BCUT2D eigenvalue weighted by atomic mass is 16.6. The van der Waals surface area contributed by atoms with Gasteiger partial charge in [-0.3, -0.25) is 16.0 Å². The van der Waals surface area contributed by atoms with E-state index >= 15 is 0 Å². The monoisotopic (exact) mass is 642 g/mol. The van der Waals surface area contributed by atoms with E-state index in [4.69, 9.17) is 14.2 Å². The molecule has 242 valence electrons. The molecule has 3 N–H and O–H groups in total. The molecule has 15 heteroatoms. The fourth-order valence-corrected chi connectivity index (χ4v) is 3.99. The molecule has 3 amide bonds. The summed E-state index contributed by atoms with van der Waals surface area (Å²) in [6.45, 7) is 5.65. The van der Waals surface area contributed by atoms with Crippen molar-refractivity contribution >= 4 is 70.6 Å². The second kappa shape index (κ2) is 16.6. The molecule has 0 aromatic heterocycles. The largest absolute Gasteiger partial charge is 0.445 e. The van der Waals surface area contributed by atoms with E-state index in [0.29, 0.717) is 16.7 Å². The number of anilines is 3. The third-order valence-corrected chi connectivity index (χ3v) is 6.75. The third-order valence-electron chi connectivity index (χ3n) is 6.75. The Hall–Kier alpha value is -6.39. The van der Waals surface area contributed by atoms with Crippen LogP contribution in [0.4, 0.5) is 48.5 Å². The summed E-state index contributed by atoms with van der Waals surface area (Å²) >= 11 is 0. The highest BCUT2D eigenvalue weighted by Gasteiger charge is 2.37. The van der Waals surface area contributed by atoms with Gasteiger partial charge in [0.15, 0.2) is 5.60 Å². The molecular formula is C32H30N6O9. The lowest BCUT2D eigenvalue weighted by molar-refractivity contribution is -0.0648. The molecule has 0 bridgehead atoms. The summed E-state index contributed by atoms with van der Waals surface area (Å²) in [5, 5.41) is 7.50. The molecule has 15 nitrogen and oxygen atoms in total. The third kappa shape index (κ3) is 10.3. The minimum atomic E-state index is -1.69.